The molecule has 0 heterocycles. The highest BCUT2D eigenvalue weighted by molar-refractivity contribution is 7.98. The van der Waals surface area contributed by atoms with E-state index in [1.54, 1.807) is 0 Å². The molecule has 2 heteroatoms. The summed E-state index contributed by atoms with van der Waals surface area (Å²) >= 11 is 1.96. The standard InChI is InChI=1S/C12H27NS/c1-5-13-12(9-10-14-4)8-6-7-11(2)3/h11-13H,5-10H2,1-4H3. The zero-order valence-corrected chi connectivity index (χ0v) is 11.1. The van der Waals surface area contributed by atoms with Crippen molar-refractivity contribution in [2.45, 2.75) is 52.5 Å². The van der Waals surface area contributed by atoms with Crippen molar-refractivity contribution < 1.29 is 0 Å². The maximum Gasteiger partial charge on any atom is 0.00748 e. The molecule has 1 unspecified atom stereocenters. The Kier molecular flexibility index (Phi) is 10.1. The van der Waals surface area contributed by atoms with Gasteiger partial charge in [0, 0.05) is 6.04 Å². The Labute approximate surface area is 94.4 Å². The Balaban J connectivity index is 3.50. The summed E-state index contributed by atoms with van der Waals surface area (Å²) in [5, 5.41) is 3.58. The highest BCUT2D eigenvalue weighted by atomic mass is 32.2. The summed E-state index contributed by atoms with van der Waals surface area (Å²) in [6.45, 7) is 7.93. The lowest BCUT2D eigenvalue weighted by atomic mass is 10.0. The van der Waals surface area contributed by atoms with Crippen molar-refractivity contribution in [3.8, 4) is 0 Å². The summed E-state index contributed by atoms with van der Waals surface area (Å²) in [4.78, 5) is 0. The Hall–Kier alpha value is 0.310. The predicted molar refractivity (Wildman–Crippen MR) is 69.2 cm³/mol. The quantitative estimate of drug-likeness (QED) is 0.634. The molecule has 0 fully saturated rings. The summed E-state index contributed by atoms with van der Waals surface area (Å²) in [6.07, 6.45) is 7.63. The van der Waals surface area contributed by atoms with Gasteiger partial charge in [-0.15, -0.1) is 0 Å². The van der Waals surface area contributed by atoms with Crippen molar-refractivity contribution in [1.82, 2.24) is 5.32 Å². The summed E-state index contributed by atoms with van der Waals surface area (Å²) in [7, 11) is 0. The second-order valence-corrected chi connectivity index (χ2v) is 5.35. The van der Waals surface area contributed by atoms with Gasteiger partial charge in [-0.1, -0.05) is 33.6 Å². The minimum Gasteiger partial charge on any atom is -0.314 e. The minimum atomic E-state index is 0.756. The number of thioether (sulfide) groups is 1. The van der Waals surface area contributed by atoms with Crippen LogP contribution in [0.2, 0.25) is 0 Å². The number of hydrogen-bond acceptors (Lipinski definition) is 2. The Morgan fingerprint density at radius 1 is 1.14 bits per heavy atom. The van der Waals surface area contributed by atoms with Crippen LogP contribution < -0.4 is 5.32 Å². The molecular formula is C12H27NS. The average molecular weight is 217 g/mol. The molecule has 0 saturated carbocycles. The van der Waals surface area contributed by atoms with E-state index in [1.165, 1.54) is 31.4 Å². The first kappa shape index (κ1) is 14.3. The van der Waals surface area contributed by atoms with Crippen LogP contribution in [0.25, 0.3) is 0 Å². The number of nitrogens with one attached hydrogen (secondary N) is 1. The van der Waals surface area contributed by atoms with Gasteiger partial charge in [0.2, 0.25) is 0 Å². The minimum absolute atomic E-state index is 0.756. The lowest BCUT2D eigenvalue weighted by Gasteiger charge is -2.17. The van der Waals surface area contributed by atoms with Crippen LogP contribution in [0.3, 0.4) is 0 Å². The molecule has 0 bridgehead atoms. The zero-order chi connectivity index (χ0) is 10.8. The maximum atomic E-state index is 3.58. The Morgan fingerprint density at radius 3 is 2.36 bits per heavy atom. The van der Waals surface area contributed by atoms with Gasteiger partial charge in [-0.05, 0) is 37.3 Å². The van der Waals surface area contributed by atoms with E-state index in [0.717, 1.165) is 18.5 Å². The molecule has 0 aromatic heterocycles. The predicted octanol–water partition coefficient (Wildman–Crippen LogP) is 3.54. The van der Waals surface area contributed by atoms with E-state index in [2.05, 4.69) is 32.3 Å². The summed E-state index contributed by atoms with van der Waals surface area (Å²) in [5.41, 5.74) is 0. The van der Waals surface area contributed by atoms with Crippen LogP contribution in [0, 0.1) is 5.92 Å². The van der Waals surface area contributed by atoms with Crippen LogP contribution in [-0.4, -0.2) is 24.6 Å². The van der Waals surface area contributed by atoms with Gasteiger partial charge in [0.05, 0.1) is 0 Å². The molecule has 0 spiro atoms. The van der Waals surface area contributed by atoms with Gasteiger partial charge in [0.25, 0.3) is 0 Å². The van der Waals surface area contributed by atoms with Crippen LogP contribution in [-0.2, 0) is 0 Å². The molecule has 0 aromatic carbocycles. The summed E-state index contributed by atoms with van der Waals surface area (Å²) in [6, 6.07) is 0.756. The van der Waals surface area contributed by atoms with Gasteiger partial charge in [-0.3, -0.25) is 0 Å². The fourth-order valence-corrected chi connectivity index (χ4v) is 2.19. The van der Waals surface area contributed by atoms with Crippen molar-refractivity contribution in [3.63, 3.8) is 0 Å². The van der Waals surface area contributed by atoms with E-state index < -0.39 is 0 Å². The first-order chi connectivity index (χ1) is 6.70. The molecule has 0 aliphatic heterocycles. The Bertz CT molecular complexity index is 115. The highest BCUT2D eigenvalue weighted by Crippen LogP contribution is 2.11. The second-order valence-electron chi connectivity index (χ2n) is 4.36. The lowest BCUT2D eigenvalue weighted by Crippen LogP contribution is -2.29. The van der Waals surface area contributed by atoms with Gasteiger partial charge in [0.15, 0.2) is 0 Å². The third-order valence-corrected chi connectivity index (χ3v) is 3.14. The molecule has 0 amide bonds. The van der Waals surface area contributed by atoms with Crippen molar-refractivity contribution in [2.75, 3.05) is 18.6 Å². The maximum absolute atomic E-state index is 3.58. The van der Waals surface area contributed by atoms with Crippen LogP contribution in [0.5, 0.6) is 0 Å². The fraction of sp³-hybridized carbons (Fsp3) is 1.00. The van der Waals surface area contributed by atoms with E-state index in [9.17, 15) is 0 Å². The molecular weight excluding hydrogens is 190 g/mol. The first-order valence-corrected chi connectivity index (χ1v) is 7.32. The third-order valence-electron chi connectivity index (χ3n) is 2.50. The molecule has 86 valence electrons. The van der Waals surface area contributed by atoms with E-state index in [-0.39, 0.29) is 0 Å². The molecule has 1 atom stereocenters. The molecule has 1 N–H and O–H groups in total. The van der Waals surface area contributed by atoms with E-state index in [1.807, 2.05) is 11.8 Å². The molecule has 0 saturated heterocycles. The Morgan fingerprint density at radius 2 is 1.86 bits per heavy atom. The molecule has 1 nitrogen and oxygen atoms in total. The smallest absolute Gasteiger partial charge is 0.00748 e. The molecule has 0 aliphatic carbocycles. The summed E-state index contributed by atoms with van der Waals surface area (Å²) < 4.78 is 0. The van der Waals surface area contributed by atoms with Crippen LogP contribution in [0.4, 0.5) is 0 Å². The first-order valence-electron chi connectivity index (χ1n) is 5.93. The second kappa shape index (κ2) is 9.85. The largest absolute Gasteiger partial charge is 0.314 e. The van der Waals surface area contributed by atoms with E-state index in [0.29, 0.717) is 0 Å². The summed E-state index contributed by atoms with van der Waals surface area (Å²) in [5.74, 6) is 2.15. The average Bonchev–Trinajstić information content (AvgIpc) is 2.13. The third kappa shape index (κ3) is 8.89. The van der Waals surface area contributed by atoms with Crippen LogP contribution >= 0.6 is 11.8 Å². The molecule has 0 aliphatic rings. The van der Waals surface area contributed by atoms with Crippen LogP contribution in [0.15, 0.2) is 0 Å². The molecule has 14 heavy (non-hydrogen) atoms. The van der Waals surface area contributed by atoms with Gasteiger partial charge in [-0.25, -0.2) is 0 Å². The highest BCUT2D eigenvalue weighted by Gasteiger charge is 2.06. The monoisotopic (exact) mass is 217 g/mol. The normalized spacial score (nSPS) is 13.5. The van der Waals surface area contributed by atoms with Crippen molar-refractivity contribution in [2.24, 2.45) is 5.92 Å². The van der Waals surface area contributed by atoms with Crippen molar-refractivity contribution in [3.05, 3.63) is 0 Å². The topological polar surface area (TPSA) is 12.0 Å². The van der Waals surface area contributed by atoms with E-state index in [4.69, 9.17) is 0 Å². The van der Waals surface area contributed by atoms with Gasteiger partial charge >= 0.3 is 0 Å². The van der Waals surface area contributed by atoms with Gasteiger partial charge < -0.3 is 5.32 Å². The molecule has 0 rings (SSSR count). The van der Waals surface area contributed by atoms with Crippen molar-refractivity contribution >= 4 is 11.8 Å². The molecule has 0 aromatic rings. The van der Waals surface area contributed by atoms with Crippen LogP contribution in [0.1, 0.15) is 46.5 Å². The lowest BCUT2D eigenvalue weighted by molar-refractivity contribution is 0.437. The van der Waals surface area contributed by atoms with Crippen molar-refractivity contribution in [1.29, 1.82) is 0 Å². The number of hydrogen-bond donors (Lipinski definition) is 1. The zero-order valence-electron chi connectivity index (χ0n) is 10.3. The fourth-order valence-electron chi connectivity index (χ4n) is 1.67. The number of rotatable bonds is 9. The van der Waals surface area contributed by atoms with Gasteiger partial charge in [0.1, 0.15) is 0 Å². The molecule has 0 radical (unpaired) electrons. The van der Waals surface area contributed by atoms with E-state index >= 15 is 0 Å². The van der Waals surface area contributed by atoms with Gasteiger partial charge in [-0.2, -0.15) is 11.8 Å². The SMILES string of the molecule is CCNC(CCCC(C)C)CCSC.